The monoisotopic (exact) mass is 705 g/mol. The summed E-state index contributed by atoms with van der Waals surface area (Å²) in [5.41, 5.74) is 0.918. The van der Waals surface area contributed by atoms with Gasteiger partial charge in [0.2, 0.25) is 17.7 Å². The lowest BCUT2D eigenvalue weighted by molar-refractivity contribution is -0.162. The van der Waals surface area contributed by atoms with Crippen LogP contribution in [0.4, 0.5) is 0 Å². The van der Waals surface area contributed by atoms with Gasteiger partial charge in [-0.3, -0.25) is 19.2 Å². The molecule has 0 aliphatic carbocycles. The molecule has 8 atom stereocenters. The molecule has 1 spiro atoms. The molecule has 3 heterocycles. The molecule has 10 nitrogen and oxygen atoms in total. The van der Waals surface area contributed by atoms with E-state index >= 15 is 0 Å². The smallest absolute Gasteiger partial charge is 0.313 e. The summed E-state index contributed by atoms with van der Waals surface area (Å²) in [6.45, 7) is 9.40. The number of amides is 3. The van der Waals surface area contributed by atoms with Crippen LogP contribution in [0.5, 0.6) is 0 Å². The van der Waals surface area contributed by atoms with Crippen molar-refractivity contribution in [1.82, 2.24) is 15.1 Å². The summed E-state index contributed by atoms with van der Waals surface area (Å²) in [5.74, 6) is -3.65. The SMILES string of the molecule is C=CCCC(=O)N[C@@H](C)[C@H](OC(=O)[C@@H]1[C@@H]2CC[C@]3(O2)[C@H](C(=O)N(CC=C)Cc2ccccc2)N([C@H](CO)c2ccccc2)C(=O)[C@@H]13)c1ccccc1. The highest BCUT2D eigenvalue weighted by Gasteiger charge is 2.76. The Morgan fingerprint density at radius 1 is 1.00 bits per heavy atom. The number of likely N-dealkylation sites (tertiary alicyclic amines) is 1. The number of nitrogens with one attached hydrogen (secondary N) is 1. The minimum atomic E-state index is -1.33. The minimum Gasteiger partial charge on any atom is -0.455 e. The molecule has 0 saturated carbocycles. The van der Waals surface area contributed by atoms with Gasteiger partial charge in [-0.25, -0.2) is 0 Å². The van der Waals surface area contributed by atoms with Crippen LogP contribution in [0, 0.1) is 11.8 Å². The number of esters is 1. The molecule has 2 N–H and O–H groups in total. The van der Waals surface area contributed by atoms with Crippen LogP contribution in [0.15, 0.2) is 116 Å². The maximum absolute atomic E-state index is 14.9. The zero-order valence-corrected chi connectivity index (χ0v) is 29.5. The Kier molecular flexibility index (Phi) is 11.4. The molecule has 0 radical (unpaired) electrons. The van der Waals surface area contributed by atoms with Gasteiger partial charge in [-0.2, -0.15) is 0 Å². The summed E-state index contributed by atoms with van der Waals surface area (Å²) in [6.07, 6.45) is 3.37. The first-order valence-corrected chi connectivity index (χ1v) is 18.0. The summed E-state index contributed by atoms with van der Waals surface area (Å²) in [4.78, 5) is 60.2. The van der Waals surface area contributed by atoms with Gasteiger partial charge in [-0.1, -0.05) is 103 Å². The maximum atomic E-state index is 14.9. The maximum Gasteiger partial charge on any atom is 0.313 e. The number of rotatable bonds is 16. The van der Waals surface area contributed by atoms with Crippen molar-refractivity contribution in [3.8, 4) is 0 Å². The number of fused-ring (bicyclic) bond motifs is 1. The molecule has 3 amide bonds. The zero-order valence-electron chi connectivity index (χ0n) is 29.5. The number of carbonyl (C=O) groups excluding carboxylic acids is 4. The second-order valence-electron chi connectivity index (χ2n) is 13.9. The normalized spacial score (nSPS) is 24.7. The van der Waals surface area contributed by atoms with Gasteiger partial charge in [0, 0.05) is 19.5 Å². The van der Waals surface area contributed by atoms with Crippen molar-refractivity contribution in [2.24, 2.45) is 11.8 Å². The van der Waals surface area contributed by atoms with Crippen LogP contribution in [0.25, 0.3) is 0 Å². The summed E-state index contributed by atoms with van der Waals surface area (Å²) in [6, 6.07) is 25.2. The Morgan fingerprint density at radius 3 is 2.25 bits per heavy atom. The molecular formula is C42H47N3O7. The van der Waals surface area contributed by atoms with Gasteiger partial charge >= 0.3 is 5.97 Å². The average Bonchev–Trinajstić information content (AvgIpc) is 3.81. The summed E-state index contributed by atoms with van der Waals surface area (Å²) in [5, 5.41) is 13.8. The third kappa shape index (κ3) is 7.05. The fourth-order valence-electron chi connectivity index (χ4n) is 8.31. The quantitative estimate of drug-likeness (QED) is 0.158. The molecule has 3 aliphatic heterocycles. The van der Waals surface area contributed by atoms with E-state index in [-0.39, 0.29) is 31.3 Å². The lowest BCUT2D eigenvalue weighted by atomic mass is 9.70. The van der Waals surface area contributed by atoms with Gasteiger partial charge in [0.1, 0.15) is 17.7 Å². The summed E-state index contributed by atoms with van der Waals surface area (Å²) < 4.78 is 13.0. The molecule has 3 fully saturated rings. The van der Waals surface area contributed by atoms with E-state index < -0.39 is 66.3 Å². The van der Waals surface area contributed by atoms with Gasteiger partial charge < -0.3 is 29.7 Å². The first-order chi connectivity index (χ1) is 25.2. The van der Waals surface area contributed by atoms with Gasteiger partial charge in [0.05, 0.1) is 36.6 Å². The highest BCUT2D eigenvalue weighted by molar-refractivity contribution is 5.98. The molecule has 3 aromatic rings. The van der Waals surface area contributed by atoms with E-state index in [0.29, 0.717) is 30.4 Å². The Bertz CT molecular complexity index is 1750. The van der Waals surface area contributed by atoms with Gasteiger partial charge in [0.15, 0.2) is 0 Å². The van der Waals surface area contributed by atoms with E-state index in [1.807, 2.05) is 91.0 Å². The fourth-order valence-corrected chi connectivity index (χ4v) is 8.31. The molecule has 3 saturated heterocycles. The Balaban J connectivity index is 1.37. The lowest BCUT2D eigenvalue weighted by Crippen LogP contribution is -2.57. The van der Waals surface area contributed by atoms with E-state index in [1.165, 1.54) is 4.90 Å². The van der Waals surface area contributed by atoms with Crippen LogP contribution < -0.4 is 5.32 Å². The highest BCUT2D eigenvalue weighted by atomic mass is 16.6. The number of benzene rings is 3. The largest absolute Gasteiger partial charge is 0.455 e. The second kappa shape index (κ2) is 16.1. The molecule has 272 valence electrons. The molecule has 2 bridgehead atoms. The van der Waals surface area contributed by atoms with Crippen LogP contribution in [0.3, 0.4) is 0 Å². The summed E-state index contributed by atoms with van der Waals surface area (Å²) in [7, 11) is 0. The lowest BCUT2D eigenvalue weighted by Gasteiger charge is -2.39. The predicted molar refractivity (Wildman–Crippen MR) is 195 cm³/mol. The molecule has 3 aliphatic rings. The Labute approximate surface area is 305 Å². The van der Waals surface area contributed by atoms with E-state index in [9.17, 15) is 24.3 Å². The minimum absolute atomic E-state index is 0.204. The molecule has 10 heteroatoms. The highest BCUT2D eigenvalue weighted by Crippen LogP contribution is 2.60. The number of aliphatic hydroxyl groups excluding tert-OH is 1. The fraction of sp³-hybridized carbons (Fsp3) is 0.381. The number of nitrogens with zero attached hydrogens (tertiary/aromatic N) is 2. The third-order valence-electron chi connectivity index (χ3n) is 10.6. The molecule has 0 unspecified atom stereocenters. The van der Waals surface area contributed by atoms with E-state index in [1.54, 1.807) is 24.0 Å². The van der Waals surface area contributed by atoms with E-state index in [4.69, 9.17) is 9.47 Å². The van der Waals surface area contributed by atoms with Crippen LogP contribution in [0.2, 0.25) is 0 Å². The molecule has 3 aromatic carbocycles. The number of ether oxygens (including phenoxy) is 2. The first-order valence-electron chi connectivity index (χ1n) is 18.0. The van der Waals surface area contributed by atoms with Crippen molar-refractivity contribution >= 4 is 23.7 Å². The third-order valence-corrected chi connectivity index (χ3v) is 10.6. The van der Waals surface area contributed by atoms with Crippen molar-refractivity contribution in [2.75, 3.05) is 13.2 Å². The molecule has 0 aromatic heterocycles. The number of aliphatic hydroxyl groups is 1. The molecule has 52 heavy (non-hydrogen) atoms. The molecular weight excluding hydrogens is 658 g/mol. The van der Waals surface area contributed by atoms with Gasteiger partial charge in [-0.05, 0) is 42.9 Å². The van der Waals surface area contributed by atoms with Gasteiger partial charge in [0.25, 0.3) is 0 Å². The predicted octanol–water partition coefficient (Wildman–Crippen LogP) is 5.06. The van der Waals surface area contributed by atoms with Crippen molar-refractivity contribution in [3.63, 3.8) is 0 Å². The van der Waals surface area contributed by atoms with E-state index in [0.717, 1.165) is 5.56 Å². The second-order valence-corrected chi connectivity index (χ2v) is 13.9. The zero-order chi connectivity index (χ0) is 36.8. The van der Waals surface area contributed by atoms with Gasteiger partial charge in [-0.15, -0.1) is 13.2 Å². The van der Waals surface area contributed by atoms with Crippen LogP contribution in [-0.2, 0) is 35.2 Å². The number of carbonyl (C=O) groups is 4. The van der Waals surface area contributed by atoms with Crippen molar-refractivity contribution in [1.29, 1.82) is 0 Å². The Morgan fingerprint density at radius 2 is 1.63 bits per heavy atom. The number of hydrogen-bond donors (Lipinski definition) is 2. The van der Waals surface area contributed by atoms with Crippen molar-refractivity contribution < 1.29 is 33.8 Å². The van der Waals surface area contributed by atoms with Crippen LogP contribution in [-0.4, -0.2) is 75.5 Å². The van der Waals surface area contributed by atoms with Crippen LogP contribution in [0.1, 0.15) is 61.4 Å². The van der Waals surface area contributed by atoms with Crippen molar-refractivity contribution in [2.45, 2.75) is 75.1 Å². The first kappa shape index (κ1) is 36.7. The van der Waals surface area contributed by atoms with Crippen LogP contribution >= 0.6 is 0 Å². The number of hydrogen-bond acceptors (Lipinski definition) is 7. The average molecular weight is 706 g/mol. The summed E-state index contributed by atoms with van der Waals surface area (Å²) >= 11 is 0. The standard InChI is InChI=1S/C42H47N3O7/c1-4-6-22-34(47)43-28(3)37(31-20-14-9-15-21-31)51-41(50)35-33-23-24-42(52-33)36(35)39(48)45(32(27-46)30-18-12-8-13-19-30)38(42)40(49)44(25-5-2)26-29-16-10-7-11-17-29/h4-5,7-21,28,32-33,35-38,46H,1-2,6,22-27H2,3H3,(H,43,47)/t28-,32+,33-,35+,36+,37-,38-,42+/m0/s1. The topological polar surface area (TPSA) is 125 Å². The molecule has 6 rings (SSSR count). The Hall–Kier alpha value is -5.06. The van der Waals surface area contributed by atoms with Crippen molar-refractivity contribution in [3.05, 3.63) is 133 Å². The van der Waals surface area contributed by atoms with E-state index in [2.05, 4.69) is 18.5 Å². The number of allylic oxidation sites excluding steroid dienone is 1.